The zero-order valence-electron chi connectivity index (χ0n) is 11.6. The number of nitrogens with zero attached hydrogens (tertiary/aromatic N) is 1. The van der Waals surface area contributed by atoms with Crippen molar-refractivity contribution in [1.29, 1.82) is 0 Å². The molecule has 1 saturated carbocycles. The van der Waals surface area contributed by atoms with E-state index in [9.17, 15) is 14.7 Å². The molecule has 3 atom stereocenters. The number of fused-ring (bicyclic) bond motifs is 1. The smallest absolute Gasteiger partial charge is 0.159 e. The number of likely N-dealkylation sites (tertiary alicyclic amines) is 1. The van der Waals surface area contributed by atoms with Gasteiger partial charge < -0.3 is 20.1 Å². The number of hydrogen-bond donors (Lipinski definition) is 1. The lowest BCUT2D eigenvalue weighted by Gasteiger charge is -2.46. The largest absolute Gasteiger partial charge is 0.545 e. The summed E-state index contributed by atoms with van der Waals surface area (Å²) in [7, 11) is 2.16. The van der Waals surface area contributed by atoms with Gasteiger partial charge in [0.15, 0.2) is 5.78 Å². The number of carboxylic acid groups (broad SMARTS) is 1. The Morgan fingerprint density at radius 1 is 1.45 bits per heavy atom. The first-order valence-corrected chi connectivity index (χ1v) is 8.15. The molecule has 2 N–H and O–H groups in total. The lowest BCUT2D eigenvalue weighted by atomic mass is 9.72. The first-order chi connectivity index (χ1) is 9.43. The molecule has 0 amide bonds. The van der Waals surface area contributed by atoms with Crippen molar-refractivity contribution in [2.45, 2.75) is 24.1 Å². The van der Waals surface area contributed by atoms with Crippen molar-refractivity contribution < 1.29 is 19.2 Å². The number of Topliss-reactive ketones (excluding diaryl/α,β-unsaturated/α-hetero) is 1. The monoisotopic (exact) mass is 296 g/mol. The molecular weight excluding hydrogens is 276 g/mol. The Bertz CT molecular complexity index is 497. The molecule has 0 radical (unpaired) electrons. The number of nitrogens with two attached hydrogens (primary N) is 1. The molecule has 0 aromatic heterocycles. The maximum absolute atomic E-state index is 11.9. The van der Waals surface area contributed by atoms with Gasteiger partial charge in [0, 0.05) is 23.8 Å². The third-order valence-electron chi connectivity index (χ3n) is 4.90. The summed E-state index contributed by atoms with van der Waals surface area (Å²) in [5, 5.41) is 11.4. The van der Waals surface area contributed by atoms with Gasteiger partial charge in [-0.25, -0.2) is 0 Å². The molecule has 1 aliphatic carbocycles. The van der Waals surface area contributed by atoms with Crippen molar-refractivity contribution in [1.82, 2.24) is 0 Å². The van der Waals surface area contributed by atoms with Gasteiger partial charge in [0.05, 0.1) is 38.1 Å². The molecule has 5 nitrogen and oxygen atoms in total. The molecule has 110 valence electrons. The van der Waals surface area contributed by atoms with E-state index in [4.69, 9.17) is 5.73 Å². The number of carbonyl (C=O) groups is 2. The molecular formula is C14H20N2O3S. The van der Waals surface area contributed by atoms with E-state index in [1.165, 1.54) is 12.8 Å². The number of hydrogen-bond acceptors (Lipinski definition) is 5. The van der Waals surface area contributed by atoms with Crippen LogP contribution in [-0.4, -0.2) is 60.0 Å². The van der Waals surface area contributed by atoms with Gasteiger partial charge in [0.2, 0.25) is 0 Å². The summed E-state index contributed by atoms with van der Waals surface area (Å²) >= 11 is 1.63. The van der Waals surface area contributed by atoms with E-state index in [1.54, 1.807) is 11.8 Å². The summed E-state index contributed by atoms with van der Waals surface area (Å²) in [5.41, 5.74) is 6.90. The second-order valence-electron chi connectivity index (χ2n) is 6.42. The van der Waals surface area contributed by atoms with Gasteiger partial charge in [0.1, 0.15) is 6.54 Å². The fraction of sp³-hybridized carbons (Fsp3) is 0.714. The van der Waals surface area contributed by atoms with Crippen LogP contribution >= 0.6 is 11.8 Å². The van der Waals surface area contributed by atoms with E-state index in [0.717, 1.165) is 29.7 Å². The van der Waals surface area contributed by atoms with Gasteiger partial charge >= 0.3 is 0 Å². The van der Waals surface area contributed by atoms with Gasteiger partial charge in [-0.1, -0.05) is 0 Å². The molecule has 0 aromatic rings. The summed E-state index contributed by atoms with van der Waals surface area (Å²) in [4.78, 5) is 23.4. The van der Waals surface area contributed by atoms with Gasteiger partial charge in [-0.05, 0) is 11.1 Å². The van der Waals surface area contributed by atoms with Crippen molar-refractivity contribution in [3.63, 3.8) is 0 Å². The molecule has 2 aliphatic heterocycles. The second-order valence-corrected chi connectivity index (χ2v) is 7.58. The third kappa shape index (κ3) is 2.10. The highest BCUT2D eigenvalue weighted by molar-refractivity contribution is 8.00. The van der Waals surface area contributed by atoms with Crippen LogP contribution in [0.4, 0.5) is 0 Å². The zero-order chi connectivity index (χ0) is 14.5. The molecule has 20 heavy (non-hydrogen) atoms. The number of quaternary nitrogens is 1. The van der Waals surface area contributed by atoms with Crippen molar-refractivity contribution in [3.8, 4) is 0 Å². The van der Waals surface area contributed by atoms with Crippen LogP contribution in [0.5, 0.6) is 0 Å². The number of thioether (sulfide) groups is 1. The molecule has 6 heteroatoms. The minimum atomic E-state index is -1.18. The van der Waals surface area contributed by atoms with Crippen LogP contribution in [0.15, 0.2) is 11.1 Å². The average molecular weight is 296 g/mol. The predicted octanol–water partition coefficient (Wildman–Crippen LogP) is -1.09. The zero-order valence-corrected chi connectivity index (χ0v) is 12.4. The number of carbonyl (C=O) groups excluding carboxylic acids is 2. The Morgan fingerprint density at radius 2 is 2.10 bits per heavy atom. The van der Waals surface area contributed by atoms with Gasteiger partial charge in [-0.15, -0.1) is 0 Å². The lowest BCUT2D eigenvalue weighted by Crippen LogP contribution is -2.63. The third-order valence-corrected chi connectivity index (χ3v) is 6.36. The van der Waals surface area contributed by atoms with E-state index in [0.29, 0.717) is 5.75 Å². The van der Waals surface area contributed by atoms with E-state index in [2.05, 4.69) is 7.05 Å². The Hall–Kier alpha value is -0.850. The molecule has 2 heterocycles. The quantitative estimate of drug-likeness (QED) is 0.670. The van der Waals surface area contributed by atoms with Gasteiger partial charge in [0.25, 0.3) is 0 Å². The molecule has 3 rings (SSSR count). The minimum Gasteiger partial charge on any atom is -0.545 e. The van der Waals surface area contributed by atoms with Crippen LogP contribution < -0.4 is 10.8 Å². The highest BCUT2D eigenvalue weighted by atomic mass is 32.2. The molecule has 3 aliphatic rings. The van der Waals surface area contributed by atoms with Crippen LogP contribution in [0, 0.1) is 5.92 Å². The number of carboxylic acids is 1. The molecule has 0 bridgehead atoms. The van der Waals surface area contributed by atoms with Crippen LogP contribution in [0.25, 0.3) is 0 Å². The van der Waals surface area contributed by atoms with Gasteiger partial charge in [-0.2, -0.15) is 11.8 Å². The standard InChI is InChI=1S/C14H20N2O3S/c1-16(4-2-3-5-16)6-8-7-20-13-10(9(8)14(18)19)12(17)11(13)15/h10-11,13H,2-7,15H2,1H3/t10?,11-,13+/m1/s1. The molecule has 1 saturated heterocycles. The topological polar surface area (TPSA) is 83.2 Å². The number of ketones is 1. The van der Waals surface area contributed by atoms with Crippen LogP contribution in [-0.2, 0) is 9.59 Å². The molecule has 1 unspecified atom stereocenters. The summed E-state index contributed by atoms with van der Waals surface area (Å²) in [6.07, 6.45) is 2.38. The van der Waals surface area contributed by atoms with Crippen LogP contribution in [0.3, 0.4) is 0 Å². The van der Waals surface area contributed by atoms with Crippen molar-refractivity contribution >= 4 is 23.5 Å². The maximum Gasteiger partial charge on any atom is 0.159 e. The fourth-order valence-corrected chi connectivity index (χ4v) is 5.19. The van der Waals surface area contributed by atoms with Crippen molar-refractivity contribution in [2.75, 3.05) is 32.4 Å². The normalized spacial score (nSPS) is 35.7. The Balaban J connectivity index is 1.90. The fourth-order valence-electron chi connectivity index (χ4n) is 3.74. The highest BCUT2D eigenvalue weighted by Crippen LogP contribution is 2.45. The molecule has 0 spiro atoms. The van der Waals surface area contributed by atoms with Crippen molar-refractivity contribution in [2.24, 2.45) is 11.7 Å². The number of likely N-dealkylation sites (N-methyl/N-ethyl adjacent to an activating group) is 1. The average Bonchev–Trinajstić information content (AvgIpc) is 2.83. The maximum atomic E-state index is 11.9. The Labute approximate surface area is 122 Å². The second kappa shape index (κ2) is 4.86. The predicted molar refractivity (Wildman–Crippen MR) is 74.8 cm³/mol. The summed E-state index contributed by atoms with van der Waals surface area (Å²) in [5.74, 6) is -1.18. The van der Waals surface area contributed by atoms with E-state index >= 15 is 0 Å². The minimum absolute atomic E-state index is 0.0666. The molecule has 2 fully saturated rings. The van der Waals surface area contributed by atoms with Gasteiger partial charge in [-0.3, -0.25) is 4.79 Å². The first kappa shape index (κ1) is 14.1. The first-order valence-electron chi connectivity index (χ1n) is 7.11. The Morgan fingerprint density at radius 3 is 2.70 bits per heavy atom. The number of rotatable bonds is 3. The van der Waals surface area contributed by atoms with Crippen LogP contribution in [0.1, 0.15) is 12.8 Å². The van der Waals surface area contributed by atoms with Crippen molar-refractivity contribution in [3.05, 3.63) is 11.1 Å². The summed E-state index contributed by atoms with van der Waals surface area (Å²) in [6, 6.07) is -0.502. The summed E-state index contributed by atoms with van der Waals surface area (Å²) < 4.78 is 0.879. The summed E-state index contributed by atoms with van der Waals surface area (Å²) in [6.45, 7) is 2.88. The van der Waals surface area contributed by atoms with E-state index in [-0.39, 0.29) is 16.6 Å². The Kier molecular flexibility index (Phi) is 3.43. The van der Waals surface area contributed by atoms with E-state index in [1.807, 2.05) is 0 Å². The number of aliphatic carboxylic acids is 1. The van der Waals surface area contributed by atoms with E-state index < -0.39 is 17.9 Å². The highest BCUT2D eigenvalue weighted by Gasteiger charge is 2.53. The SMILES string of the molecule is C[N+]1(CC2=C(C(=O)[O-])C3C(=O)[C@@H](N)[C@H]3SC2)CCCC1. The lowest BCUT2D eigenvalue weighted by molar-refractivity contribution is -0.893. The van der Waals surface area contributed by atoms with Crippen LogP contribution in [0.2, 0.25) is 0 Å². The molecule has 0 aromatic carbocycles.